The SMILES string of the molecule is Cc1ccc(S(=O)(=O)NNC(=O)c2ccccc2Nc2cccc([N+](=O)[O-])c2)cc1. The van der Waals surface area contributed by atoms with Crippen LogP contribution in [0, 0.1) is 17.0 Å². The van der Waals surface area contributed by atoms with Gasteiger partial charge in [-0.15, -0.1) is 4.83 Å². The largest absolute Gasteiger partial charge is 0.355 e. The number of sulfonamides is 1. The summed E-state index contributed by atoms with van der Waals surface area (Å²) in [4.78, 5) is 25.1. The Morgan fingerprint density at radius 3 is 2.37 bits per heavy atom. The van der Waals surface area contributed by atoms with E-state index in [-0.39, 0.29) is 16.1 Å². The molecule has 3 aromatic rings. The summed E-state index contributed by atoms with van der Waals surface area (Å²) in [5.74, 6) is -0.695. The number of non-ortho nitro benzene ring substituents is 1. The third kappa shape index (κ3) is 4.99. The van der Waals surface area contributed by atoms with Crippen molar-refractivity contribution < 1.29 is 18.1 Å². The van der Waals surface area contributed by atoms with Crippen molar-refractivity contribution in [3.63, 3.8) is 0 Å². The van der Waals surface area contributed by atoms with Gasteiger partial charge in [0.25, 0.3) is 21.6 Å². The molecule has 0 atom stereocenters. The molecule has 0 fully saturated rings. The van der Waals surface area contributed by atoms with E-state index in [2.05, 4.69) is 15.6 Å². The summed E-state index contributed by atoms with van der Waals surface area (Å²) in [5.41, 5.74) is 3.89. The molecule has 0 saturated heterocycles. The average Bonchev–Trinajstić information content (AvgIpc) is 2.73. The van der Waals surface area contributed by atoms with Gasteiger partial charge in [-0.1, -0.05) is 35.9 Å². The number of para-hydroxylation sites is 1. The van der Waals surface area contributed by atoms with Crippen molar-refractivity contribution in [3.05, 3.63) is 94.0 Å². The molecule has 9 nitrogen and oxygen atoms in total. The first-order valence-electron chi connectivity index (χ1n) is 8.75. The Kier molecular flexibility index (Phi) is 6.09. The highest BCUT2D eigenvalue weighted by molar-refractivity contribution is 7.89. The van der Waals surface area contributed by atoms with E-state index in [9.17, 15) is 23.3 Å². The number of hydrazine groups is 1. The van der Waals surface area contributed by atoms with E-state index in [1.54, 1.807) is 36.4 Å². The third-order valence-corrected chi connectivity index (χ3v) is 5.40. The Morgan fingerprint density at radius 2 is 1.67 bits per heavy atom. The van der Waals surface area contributed by atoms with Crippen LogP contribution in [0.5, 0.6) is 0 Å². The van der Waals surface area contributed by atoms with Crippen LogP contribution >= 0.6 is 0 Å². The van der Waals surface area contributed by atoms with Crippen molar-refractivity contribution in [3.8, 4) is 0 Å². The third-order valence-electron chi connectivity index (χ3n) is 4.14. The molecule has 3 N–H and O–H groups in total. The van der Waals surface area contributed by atoms with E-state index in [0.29, 0.717) is 11.4 Å². The number of hydrogen-bond acceptors (Lipinski definition) is 6. The van der Waals surface area contributed by atoms with E-state index >= 15 is 0 Å². The lowest BCUT2D eigenvalue weighted by Gasteiger charge is -2.13. The van der Waals surface area contributed by atoms with Gasteiger partial charge in [0.05, 0.1) is 21.1 Å². The number of nitro groups is 1. The smallest absolute Gasteiger partial charge is 0.271 e. The molecule has 0 spiro atoms. The topological polar surface area (TPSA) is 130 Å². The van der Waals surface area contributed by atoms with Crippen LogP contribution in [-0.2, 0) is 10.0 Å². The number of benzene rings is 3. The number of nitrogens with one attached hydrogen (secondary N) is 3. The maximum absolute atomic E-state index is 12.6. The highest BCUT2D eigenvalue weighted by Crippen LogP contribution is 2.24. The van der Waals surface area contributed by atoms with Crippen molar-refractivity contribution >= 4 is 33.0 Å². The van der Waals surface area contributed by atoms with E-state index in [4.69, 9.17) is 0 Å². The van der Waals surface area contributed by atoms with Gasteiger partial charge in [-0.2, -0.15) is 0 Å². The number of carbonyl (C=O) groups excluding carboxylic acids is 1. The minimum Gasteiger partial charge on any atom is -0.355 e. The van der Waals surface area contributed by atoms with E-state index in [0.717, 1.165) is 5.56 Å². The molecule has 3 aromatic carbocycles. The predicted octanol–water partition coefficient (Wildman–Crippen LogP) is 3.27. The van der Waals surface area contributed by atoms with Crippen LogP contribution in [0.1, 0.15) is 15.9 Å². The first-order chi connectivity index (χ1) is 14.3. The summed E-state index contributed by atoms with van der Waals surface area (Å²) < 4.78 is 24.7. The summed E-state index contributed by atoms with van der Waals surface area (Å²) in [6.07, 6.45) is 0. The van der Waals surface area contributed by atoms with Crippen molar-refractivity contribution in [2.24, 2.45) is 0 Å². The molecule has 0 aliphatic carbocycles. The number of anilines is 2. The van der Waals surface area contributed by atoms with Crippen molar-refractivity contribution in [1.29, 1.82) is 0 Å². The minimum absolute atomic E-state index is 0.0106. The van der Waals surface area contributed by atoms with Crippen LogP contribution in [0.3, 0.4) is 0 Å². The Hall–Kier alpha value is -3.76. The standard InChI is InChI=1S/C20H18N4O5S/c1-14-9-11-17(12-10-14)30(28,29)23-22-20(25)18-7-2-3-8-19(18)21-15-5-4-6-16(13-15)24(26)27/h2-13,21,23H,1H3,(H,22,25). The van der Waals surface area contributed by atoms with Crippen molar-refractivity contribution in [2.75, 3.05) is 5.32 Å². The second-order valence-corrected chi connectivity index (χ2v) is 8.03. The van der Waals surface area contributed by atoms with Crippen LogP contribution in [0.4, 0.5) is 17.1 Å². The van der Waals surface area contributed by atoms with Crippen LogP contribution in [0.2, 0.25) is 0 Å². The number of carbonyl (C=O) groups is 1. The molecule has 0 aromatic heterocycles. The molecule has 0 unspecified atom stereocenters. The zero-order valence-corrected chi connectivity index (χ0v) is 16.6. The Bertz CT molecular complexity index is 1190. The monoisotopic (exact) mass is 426 g/mol. The Morgan fingerprint density at radius 1 is 0.967 bits per heavy atom. The fraction of sp³-hybridized carbons (Fsp3) is 0.0500. The zero-order valence-electron chi connectivity index (χ0n) is 15.8. The first-order valence-corrected chi connectivity index (χ1v) is 10.2. The molecule has 0 aliphatic heterocycles. The number of nitro benzene ring substituents is 1. The van der Waals surface area contributed by atoms with E-state index in [1.165, 1.54) is 36.4 Å². The highest BCUT2D eigenvalue weighted by Gasteiger charge is 2.17. The molecule has 0 heterocycles. The zero-order chi connectivity index (χ0) is 21.7. The molecule has 3 rings (SSSR count). The molecule has 10 heteroatoms. The molecule has 1 amide bonds. The molecule has 0 bridgehead atoms. The fourth-order valence-electron chi connectivity index (χ4n) is 2.60. The number of nitrogens with zero attached hydrogens (tertiary/aromatic N) is 1. The molecule has 154 valence electrons. The normalized spacial score (nSPS) is 11.0. The molecular formula is C20H18N4O5S. The lowest BCUT2D eigenvalue weighted by Crippen LogP contribution is -2.41. The molecular weight excluding hydrogens is 408 g/mol. The van der Waals surface area contributed by atoms with Crippen molar-refractivity contribution in [2.45, 2.75) is 11.8 Å². The summed E-state index contributed by atoms with van der Waals surface area (Å²) in [6.45, 7) is 1.83. The maximum atomic E-state index is 12.6. The van der Waals surface area contributed by atoms with Crippen molar-refractivity contribution in [1.82, 2.24) is 10.3 Å². The summed E-state index contributed by atoms with van der Waals surface area (Å²) in [5, 5.41) is 13.9. The highest BCUT2D eigenvalue weighted by atomic mass is 32.2. The lowest BCUT2D eigenvalue weighted by atomic mass is 10.1. The summed E-state index contributed by atoms with van der Waals surface area (Å²) >= 11 is 0. The summed E-state index contributed by atoms with van der Waals surface area (Å²) in [7, 11) is -3.94. The Labute approximate surface area is 172 Å². The molecule has 30 heavy (non-hydrogen) atoms. The number of amides is 1. The average molecular weight is 426 g/mol. The van der Waals surface area contributed by atoms with Gasteiger partial charge in [0.2, 0.25) is 0 Å². The van der Waals surface area contributed by atoms with Gasteiger partial charge in [-0.25, -0.2) is 8.42 Å². The second-order valence-electron chi connectivity index (χ2n) is 6.35. The van der Waals surface area contributed by atoms with Gasteiger partial charge in [0, 0.05) is 17.8 Å². The Balaban J connectivity index is 1.76. The number of hydrogen-bond donors (Lipinski definition) is 3. The minimum atomic E-state index is -3.94. The van der Waals surface area contributed by atoms with Gasteiger partial charge >= 0.3 is 0 Å². The van der Waals surface area contributed by atoms with Gasteiger partial charge < -0.3 is 5.32 Å². The van der Waals surface area contributed by atoms with Gasteiger partial charge in [-0.05, 0) is 37.3 Å². The molecule has 0 radical (unpaired) electrons. The molecule has 0 aliphatic rings. The molecule has 0 saturated carbocycles. The van der Waals surface area contributed by atoms with Gasteiger partial charge in [0.15, 0.2) is 0 Å². The first kappa shape index (κ1) is 21.0. The van der Waals surface area contributed by atoms with E-state index < -0.39 is 20.9 Å². The maximum Gasteiger partial charge on any atom is 0.271 e. The summed E-state index contributed by atoms with van der Waals surface area (Å²) in [6, 6.07) is 18.3. The number of rotatable bonds is 7. The predicted molar refractivity (Wildman–Crippen MR) is 112 cm³/mol. The number of aryl methyl sites for hydroxylation is 1. The lowest BCUT2D eigenvalue weighted by molar-refractivity contribution is -0.384. The van der Waals surface area contributed by atoms with E-state index in [1.807, 2.05) is 6.92 Å². The second kappa shape index (κ2) is 8.72. The van der Waals surface area contributed by atoms with Gasteiger partial charge in [-0.3, -0.25) is 20.3 Å². The van der Waals surface area contributed by atoms with Crippen LogP contribution in [-0.4, -0.2) is 19.2 Å². The van der Waals surface area contributed by atoms with Crippen LogP contribution in [0.25, 0.3) is 0 Å². The quantitative estimate of drug-likeness (QED) is 0.393. The van der Waals surface area contributed by atoms with Crippen LogP contribution in [0.15, 0.2) is 77.7 Å². The van der Waals surface area contributed by atoms with Crippen LogP contribution < -0.4 is 15.6 Å². The van der Waals surface area contributed by atoms with Gasteiger partial charge in [0.1, 0.15) is 0 Å². The fourth-order valence-corrected chi connectivity index (χ4v) is 3.44.